The molecule has 122 valence electrons. The summed E-state index contributed by atoms with van der Waals surface area (Å²) >= 11 is 6.07. The van der Waals surface area contributed by atoms with E-state index in [1.807, 2.05) is 36.4 Å². The van der Waals surface area contributed by atoms with Crippen LogP contribution in [0.4, 0.5) is 0 Å². The van der Waals surface area contributed by atoms with Crippen LogP contribution >= 0.6 is 11.6 Å². The van der Waals surface area contributed by atoms with Gasteiger partial charge in [-0.05, 0) is 30.5 Å². The zero-order chi connectivity index (χ0) is 16.4. The van der Waals surface area contributed by atoms with Crippen LogP contribution in [0.2, 0.25) is 5.02 Å². The van der Waals surface area contributed by atoms with Gasteiger partial charge in [-0.3, -0.25) is 9.59 Å². The van der Waals surface area contributed by atoms with Crippen molar-refractivity contribution in [3.63, 3.8) is 0 Å². The maximum absolute atomic E-state index is 12.1. The third kappa shape index (κ3) is 3.42. The summed E-state index contributed by atoms with van der Waals surface area (Å²) < 4.78 is 5.50. The van der Waals surface area contributed by atoms with Gasteiger partial charge in [-0.25, -0.2) is 0 Å². The third-order valence-corrected chi connectivity index (χ3v) is 4.90. The average molecular weight is 334 g/mol. The molecule has 3 rings (SSSR count). The number of hydrogen-bond donors (Lipinski definition) is 0. The Morgan fingerprint density at radius 1 is 1.35 bits per heavy atom. The number of nitrogens with zero attached hydrogens (tertiary/aromatic N) is 1. The second-order valence-corrected chi connectivity index (χ2v) is 6.67. The molecule has 1 amide bonds. The summed E-state index contributed by atoms with van der Waals surface area (Å²) in [6, 6.07) is 7.42. The minimum atomic E-state index is -0.165. The summed E-state index contributed by atoms with van der Waals surface area (Å²) in [6.07, 6.45) is 5.91. The number of ether oxygens (including phenoxy) is 1. The van der Waals surface area contributed by atoms with Crippen molar-refractivity contribution < 1.29 is 14.3 Å². The molecule has 0 N–H and O–H groups in total. The van der Waals surface area contributed by atoms with Crippen molar-refractivity contribution in [2.75, 3.05) is 13.7 Å². The van der Waals surface area contributed by atoms with Crippen LogP contribution in [0.1, 0.15) is 30.9 Å². The van der Waals surface area contributed by atoms with Crippen molar-refractivity contribution in [1.29, 1.82) is 0 Å². The first-order valence-electron chi connectivity index (χ1n) is 7.89. The van der Waals surface area contributed by atoms with Gasteiger partial charge in [0, 0.05) is 24.4 Å². The van der Waals surface area contributed by atoms with E-state index in [2.05, 4.69) is 0 Å². The molecule has 5 heteroatoms. The van der Waals surface area contributed by atoms with Gasteiger partial charge in [-0.2, -0.15) is 0 Å². The average Bonchev–Trinajstić information content (AvgIpc) is 3.14. The van der Waals surface area contributed by atoms with Crippen molar-refractivity contribution in [1.82, 2.24) is 4.90 Å². The van der Waals surface area contributed by atoms with Gasteiger partial charge in [0.25, 0.3) is 0 Å². The number of benzene rings is 1. The topological polar surface area (TPSA) is 46.6 Å². The van der Waals surface area contributed by atoms with Crippen molar-refractivity contribution in [2.45, 2.75) is 25.3 Å². The lowest BCUT2D eigenvalue weighted by Crippen LogP contribution is -2.27. The molecule has 1 aromatic rings. The molecule has 23 heavy (non-hydrogen) atoms. The second-order valence-electron chi connectivity index (χ2n) is 6.24. The molecule has 0 bridgehead atoms. The zero-order valence-corrected chi connectivity index (χ0v) is 13.8. The van der Waals surface area contributed by atoms with Crippen LogP contribution in [-0.4, -0.2) is 30.4 Å². The van der Waals surface area contributed by atoms with E-state index < -0.39 is 0 Å². The number of carbonyl (C=O) groups excluding carboxylic acids is 2. The largest absolute Gasteiger partial charge is 0.465 e. The van der Waals surface area contributed by atoms with E-state index in [-0.39, 0.29) is 36.4 Å². The molecular weight excluding hydrogens is 314 g/mol. The smallest absolute Gasteiger partial charge is 0.309 e. The normalized spacial score (nSPS) is 24.4. The maximum atomic E-state index is 12.1. The van der Waals surface area contributed by atoms with E-state index >= 15 is 0 Å². The number of halogens is 1. The second kappa shape index (κ2) is 6.75. The molecule has 0 spiro atoms. The summed E-state index contributed by atoms with van der Waals surface area (Å²) in [5, 5.41) is 0.642. The molecule has 1 saturated heterocycles. The fourth-order valence-corrected chi connectivity index (χ4v) is 3.60. The summed E-state index contributed by atoms with van der Waals surface area (Å²) in [7, 11) is 1.79. The van der Waals surface area contributed by atoms with Crippen LogP contribution < -0.4 is 0 Å². The van der Waals surface area contributed by atoms with Gasteiger partial charge in [0.1, 0.15) is 0 Å². The van der Waals surface area contributed by atoms with Gasteiger partial charge in [-0.15, -0.1) is 0 Å². The molecule has 0 aromatic heterocycles. The summed E-state index contributed by atoms with van der Waals surface area (Å²) in [5.41, 5.74) is 0.981. The zero-order valence-electron chi connectivity index (χ0n) is 13.1. The lowest BCUT2D eigenvalue weighted by Gasteiger charge is -2.25. The van der Waals surface area contributed by atoms with E-state index in [0.717, 1.165) is 18.4 Å². The molecular formula is C18H20ClNO3. The summed E-state index contributed by atoms with van der Waals surface area (Å²) in [5.74, 6) is -0.195. The number of esters is 1. The number of rotatable bonds is 4. The van der Waals surface area contributed by atoms with Gasteiger partial charge in [0.15, 0.2) is 0 Å². The highest BCUT2D eigenvalue weighted by Gasteiger charge is 2.39. The highest BCUT2D eigenvalue weighted by molar-refractivity contribution is 6.30. The van der Waals surface area contributed by atoms with E-state index in [1.54, 1.807) is 11.9 Å². The predicted octanol–water partition coefficient (Wildman–Crippen LogP) is 3.37. The van der Waals surface area contributed by atoms with Gasteiger partial charge >= 0.3 is 5.97 Å². The molecule has 1 aliphatic carbocycles. The van der Waals surface area contributed by atoms with Crippen molar-refractivity contribution >= 4 is 23.5 Å². The highest BCUT2D eigenvalue weighted by Crippen LogP contribution is 2.38. The molecule has 4 nitrogen and oxygen atoms in total. The molecule has 2 atom stereocenters. The van der Waals surface area contributed by atoms with Crippen LogP contribution in [-0.2, 0) is 14.3 Å². The third-order valence-electron chi connectivity index (χ3n) is 4.67. The Morgan fingerprint density at radius 3 is 2.78 bits per heavy atom. The Morgan fingerprint density at radius 2 is 2.09 bits per heavy atom. The lowest BCUT2D eigenvalue weighted by molar-refractivity contribution is -0.149. The quantitative estimate of drug-likeness (QED) is 0.627. The fraction of sp³-hybridized carbons (Fsp3) is 0.444. The monoisotopic (exact) mass is 333 g/mol. The van der Waals surface area contributed by atoms with Gasteiger partial charge in [0.05, 0.1) is 18.6 Å². The molecule has 1 heterocycles. The van der Waals surface area contributed by atoms with E-state index in [9.17, 15) is 9.59 Å². The maximum Gasteiger partial charge on any atom is 0.309 e. The Balaban J connectivity index is 1.69. The highest BCUT2D eigenvalue weighted by atomic mass is 35.5. The molecule has 0 radical (unpaired) electrons. The van der Waals surface area contributed by atoms with Crippen LogP contribution in [0.25, 0.3) is 0 Å². The molecule has 1 fully saturated rings. The van der Waals surface area contributed by atoms with E-state index in [0.29, 0.717) is 11.4 Å². The van der Waals surface area contributed by atoms with Crippen molar-refractivity contribution in [3.8, 4) is 0 Å². The Kier molecular flexibility index (Phi) is 4.71. The van der Waals surface area contributed by atoms with Crippen LogP contribution in [0.5, 0.6) is 0 Å². The fourth-order valence-electron chi connectivity index (χ4n) is 3.40. The van der Waals surface area contributed by atoms with Crippen LogP contribution in [0.3, 0.4) is 0 Å². The van der Waals surface area contributed by atoms with Crippen molar-refractivity contribution in [3.05, 3.63) is 47.0 Å². The number of allylic oxidation sites excluding steroid dienone is 2. The summed E-state index contributed by atoms with van der Waals surface area (Å²) in [6.45, 7) is 0.266. The summed E-state index contributed by atoms with van der Waals surface area (Å²) in [4.78, 5) is 25.9. The first kappa shape index (κ1) is 16.1. The van der Waals surface area contributed by atoms with Crippen LogP contribution in [0.15, 0.2) is 36.4 Å². The number of carbonyl (C=O) groups is 2. The molecule has 2 unspecified atom stereocenters. The first-order chi connectivity index (χ1) is 11.1. The Labute approximate surface area is 141 Å². The predicted molar refractivity (Wildman–Crippen MR) is 87.9 cm³/mol. The number of hydrogen-bond acceptors (Lipinski definition) is 3. The van der Waals surface area contributed by atoms with Crippen LogP contribution in [0, 0.1) is 11.8 Å². The SMILES string of the molecule is CN1C(=O)CC(COC(=O)C2CC=CC2)C1c1cccc(Cl)c1. The molecule has 1 aliphatic heterocycles. The molecule has 2 aliphatic rings. The standard InChI is InChI=1S/C18H20ClNO3/c1-20-16(21)10-14(11-23-18(22)12-5-2-3-6-12)17(20)13-7-4-8-15(19)9-13/h2-4,7-9,12,14,17H,5-6,10-11H2,1H3. The van der Waals surface area contributed by atoms with E-state index in [1.165, 1.54) is 0 Å². The van der Waals surface area contributed by atoms with E-state index in [4.69, 9.17) is 16.3 Å². The Hall–Kier alpha value is -1.81. The van der Waals surface area contributed by atoms with Crippen molar-refractivity contribution in [2.24, 2.45) is 11.8 Å². The molecule has 0 saturated carbocycles. The number of amides is 1. The first-order valence-corrected chi connectivity index (χ1v) is 8.27. The molecule has 1 aromatic carbocycles. The van der Waals surface area contributed by atoms with Gasteiger partial charge in [-0.1, -0.05) is 35.9 Å². The lowest BCUT2D eigenvalue weighted by atomic mass is 9.94. The number of likely N-dealkylation sites (tertiary alicyclic amines) is 1. The van der Waals surface area contributed by atoms with Gasteiger partial charge in [0.2, 0.25) is 5.91 Å². The minimum absolute atomic E-state index is 0.0377. The Bertz CT molecular complexity index is 635. The van der Waals surface area contributed by atoms with Gasteiger partial charge < -0.3 is 9.64 Å². The minimum Gasteiger partial charge on any atom is -0.465 e.